The van der Waals surface area contributed by atoms with Crippen LogP contribution in [0.5, 0.6) is 0 Å². The van der Waals surface area contributed by atoms with Crippen LogP contribution in [-0.4, -0.2) is 51.2 Å². The Kier molecular flexibility index (Phi) is 4.02. The van der Waals surface area contributed by atoms with Gasteiger partial charge in [0.1, 0.15) is 5.01 Å². The molecular weight excluding hydrogens is 358 g/mol. The van der Waals surface area contributed by atoms with Crippen molar-refractivity contribution >= 4 is 28.1 Å². The van der Waals surface area contributed by atoms with Gasteiger partial charge in [0.2, 0.25) is 0 Å². The molecule has 1 aromatic carbocycles. The number of rotatable bonds is 3. The summed E-state index contributed by atoms with van der Waals surface area (Å²) in [5.41, 5.74) is 2.40. The molecule has 2 saturated heterocycles. The first-order valence-electron chi connectivity index (χ1n) is 9.52. The first-order valence-corrected chi connectivity index (χ1v) is 10.3. The summed E-state index contributed by atoms with van der Waals surface area (Å²) in [5.74, 6) is -0.0759. The normalized spacial score (nSPS) is 25.2. The van der Waals surface area contributed by atoms with Gasteiger partial charge in [-0.15, -0.1) is 11.3 Å². The number of H-pyrrole nitrogens is 1. The molecule has 1 amide bonds. The molecule has 0 saturated carbocycles. The number of thiazole rings is 1. The average Bonchev–Trinajstić information content (AvgIpc) is 3.31. The molecular formula is C20H23N5OS. The minimum Gasteiger partial charge on any atom is -0.348 e. The Morgan fingerprint density at radius 1 is 1.30 bits per heavy atom. The van der Waals surface area contributed by atoms with E-state index >= 15 is 0 Å². The standard InChI is InChI=1S/C20H23N5OS/c1-11-10-21-20(27-11)12-3-6-16-17(7-12)23-24-18(16)19(26)22-13-8-14-4-5-15(9-13)25(14)2/h3,6-7,10,13-15H,4-5,8-9H2,1-2H3,(H,22,26)(H,23,24)/t13-,14-,15+. The van der Waals surface area contributed by atoms with E-state index in [1.54, 1.807) is 11.3 Å². The monoisotopic (exact) mass is 381 g/mol. The predicted octanol–water partition coefficient (Wildman–Crippen LogP) is 3.35. The average molecular weight is 382 g/mol. The van der Waals surface area contributed by atoms with Gasteiger partial charge < -0.3 is 10.2 Å². The van der Waals surface area contributed by atoms with Crippen LogP contribution >= 0.6 is 11.3 Å². The van der Waals surface area contributed by atoms with Crippen molar-refractivity contribution in [2.24, 2.45) is 0 Å². The van der Waals surface area contributed by atoms with E-state index in [-0.39, 0.29) is 11.9 Å². The van der Waals surface area contributed by atoms with Gasteiger partial charge in [-0.2, -0.15) is 5.10 Å². The summed E-state index contributed by atoms with van der Waals surface area (Å²) in [6.07, 6.45) is 6.45. The van der Waals surface area contributed by atoms with E-state index in [0.29, 0.717) is 17.8 Å². The van der Waals surface area contributed by atoms with Crippen molar-refractivity contribution in [2.75, 3.05) is 7.05 Å². The highest BCUT2D eigenvalue weighted by Gasteiger charge is 2.39. The number of carbonyl (C=O) groups excluding carboxylic acids is 1. The van der Waals surface area contributed by atoms with Crippen molar-refractivity contribution in [3.05, 3.63) is 35.0 Å². The quantitative estimate of drug-likeness (QED) is 0.730. The van der Waals surface area contributed by atoms with E-state index in [4.69, 9.17) is 0 Å². The molecule has 3 aromatic rings. The highest BCUT2D eigenvalue weighted by Crippen LogP contribution is 2.34. The highest BCUT2D eigenvalue weighted by atomic mass is 32.1. The molecule has 0 aliphatic carbocycles. The third kappa shape index (κ3) is 2.95. The van der Waals surface area contributed by atoms with Gasteiger partial charge in [-0.25, -0.2) is 4.98 Å². The number of nitrogens with zero attached hydrogens (tertiary/aromatic N) is 3. The predicted molar refractivity (Wildman–Crippen MR) is 107 cm³/mol. The topological polar surface area (TPSA) is 73.9 Å². The summed E-state index contributed by atoms with van der Waals surface area (Å²) in [7, 11) is 2.21. The van der Waals surface area contributed by atoms with Gasteiger partial charge in [0.05, 0.1) is 5.52 Å². The first-order chi connectivity index (χ1) is 13.1. The zero-order valence-electron chi connectivity index (χ0n) is 15.5. The lowest BCUT2D eigenvalue weighted by Gasteiger charge is -2.36. The van der Waals surface area contributed by atoms with Crippen molar-refractivity contribution in [1.29, 1.82) is 0 Å². The Morgan fingerprint density at radius 3 is 2.78 bits per heavy atom. The fraction of sp³-hybridized carbons (Fsp3) is 0.450. The summed E-state index contributed by atoms with van der Waals surface area (Å²) >= 11 is 1.66. The van der Waals surface area contributed by atoms with Crippen LogP contribution < -0.4 is 5.32 Å². The molecule has 2 aromatic heterocycles. The van der Waals surface area contributed by atoms with Crippen LogP contribution in [0.2, 0.25) is 0 Å². The van der Waals surface area contributed by atoms with Crippen molar-refractivity contribution in [1.82, 2.24) is 25.4 Å². The maximum atomic E-state index is 12.8. The molecule has 2 N–H and O–H groups in total. The summed E-state index contributed by atoms with van der Waals surface area (Å²) < 4.78 is 0. The van der Waals surface area contributed by atoms with Crippen molar-refractivity contribution in [3.8, 4) is 10.6 Å². The molecule has 4 heterocycles. The van der Waals surface area contributed by atoms with Gasteiger partial charge in [0, 0.05) is 40.1 Å². The van der Waals surface area contributed by atoms with E-state index in [0.717, 1.165) is 34.3 Å². The van der Waals surface area contributed by atoms with E-state index in [9.17, 15) is 4.79 Å². The van der Waals surface area contributed by atoms with Crippen LogP contribution in [-0.2, 0) is 0 Å². The molecule has 2 aliphatic rings. The molecule has 6 nitrogen and oxygen atoms in total. The third-order valence-corrected chi connectivity index (χ3v) is 7.04. The van der Waals surface area contributed by atoms with E-state index in [2.05, 4.69) is 32.4 Å². The fourth-order valence-electron chi connectivity index (χ4n) is 4.60. The summed E-state index contributed by atoms with van der Waals surface area (Å²) in [6, 6.07) is 7.47. The lowest BCUT2D eigenvalue weighted by molar-refractivity contribution is 0.0879. The summed E-state index contributed by atoms with van der Waals surface area (Å²) in [5, 5.41) is 12.4. The molecule has 7 heteroatoms. The zero-order chi connectivity index (χ0) is 18.5. The van der Waals surface area contributed by atoms with Gasteiger partial charge >= 0.3 is 0 Å². The lowest BCUT2D eigenvalue weighted by atomic mass is 9.98. The van der Waals surface area contributed by atoms with Gasteiger partial charge in [-0.05, 0) is 51.8 Å². The number of aromatic amines is 1. The summed E-state index contributed by atoms with van der Waals surface area (Å²) in [6.45, 7) is 2.05. The molecule has 3 atom stereocenters. The minimum absolute atomic E-state index is 0.0759. The number of aromatic nitrogens is 3. The van der Waals surface area contributed by atoms with E-state index in [1.165, 1.54) is 17.7 Å². The highest BCUT2D eigenvalue weighted by molar-refractivity contribution is 7.14. The van der Waals surface area contributed by atoms with Gasteiger partial charge in [0.15, 0.2) is 5.69 Å². The van der Waals surface area contributed by atoms with Crippen LogP contribution in [0.25, 0.3) is 21.5 Å². The number of aryl methyl sites for hydroxylation is 1. The van der Waals surface area contributed by atoms with Crippen LogP contribution in [0.3, 0.4) is 0 Å². The molecule has 2 aliphatic heterocycles. The number of amides is 1. The zero-order valence-corrected chi connectivity index (χ0v) is 16.3. The second kappa shape index (κ2) is 6.42. The van der Waals surface area contributed by atoms with Crippen LogP contribution in [0.1, 0.15) is 41.0 Å². The smallest absolute Gasteiger partial charge is 0.272 e. The van der Waals surface area contributed by atoms with Crippen LogP contribution in [0.15, 0.2) is 24.4 Å². The molecule has 140 valence electrons. The summed E-state index contributed by atoms with van der Waals surface area (Å²) in [4.78, 5) is 20.9. The van der Waals surface area contributed by atoms with Crippen LogP contribution in [0.4, 0.5) is 0 Å². The maximum absolute atomic E-state index is 12.8. The van der Waals surface area contributed by atoms with Crippen molar-refractivity contribution in [3.63, 3.8) is 0 Å². The van der Waals surface area contributed by atoms with E-state index in [1.807, 2.05) is 31.3 Å². The molecule has 5 rings (SSSR count). The number of piperidine rings is 1. The van der Waals surface area contributed by atoms with Gasteiger partial charge in [-0.3, -0.25) is 9.89 Å². The number of carbonyl (C=O) groups is 1. The maximum Gasteiger partial charge on any atom is 0.272 e. The lowest BCUT2D eigenvalue weighted by Crippen LogP contribution is -2.48. The Balaban J connectivity index is 1.36. The molecule has 2 fully saturated rings. The van der Waals surface area contributed by atoms with Crippen LogP contribution in [0, 0.1) is 6.92 Å². The SMILES string of the molecule is Cc1cnc(-c2ccc3c(C(=O)N[C@@H]4C[C@H]5CC[C@@H](C4)N5C)n[nH]c3c2)s1. The van der Waals surface area contributed by atoms with E-state index < -0.39 is 0 Å². The second-order valence-electron chi connectivity index (χ2n) is 7.80. The third-order valence-electron chi connectivity index (χ3n) is 6.08. The fourth-order valence-corrected chi connectivity index (χ4v) is 5.36. The molecule has 2 bridgehead atoms. The molecule has 27 heavy (non-hydrogen) atoms. The Hall–Kier alpha value is -2.25. The Bertz CT molecular complexity index is 995. The van der Waals surface area contributed by atoms with Crippen molar-refractivity contribution in [2.45, 2.75) is 50.7 Å². The minimum atomic E-state index is -0.0759. The number of hydrogen-bond donors (Lipinski definition) is 2. The number of nitrogens with one attached hydrogen (secondary N) is 2. The first kappa shape index (κ1) is 16.9. The number of hydrogen-bond acceptors (Lipinski definition) is 5. The molecule has 0 unspecified atom stereocenters. The Labute approximate surface area is 162 Å². The van der Waals surface area contributed by atoms with Crippen molar-refractivity contribution < 1.29 is 4.79 Å². The van der Waals surface area contributed by atoms with Gasteiger partial charge in [-0.1, -0.05) is 6.07 Å². The largest absolute Gasteiger partial charge is 0.348 e. The molecule has 0 radical (unpaired) electrons. The Morgan fingerprint density at radius 2 is 2.07 bits per heavy atom. The van der Waals surface area contributed by atoms with Gasteiger partial charge in [0.25, 0.3) is 5.91 Å². The molecule has 0 spiro atoms. The number of fused-ring (bicyclic) bond motifs is 3. The number of benzene rings is 1. The second-order valence-corrected chi connectivity index (χ2v) is 9.04.